The van der Waals surface area contributed by atoms with Crippen molar-refractivity contribution in [2.24, 2.45) is 10.9 Å². The molecule has 1 saturated carbocycles. The van der Waals surface area contributed by atoms with Gasteiger partial charge in [0, 0.05) is 37.8 Å². The zero-order valence-corrected chi connectivity index (χ0v) is 18.0. The largest absolute Gasteiger partial charge is 0.338 e. The van der Waals surface area contributed by atoms with Gasteiger partial charge in [0.2, 0.25) is 5.91 Å². The van der Waals surface area contributed by atoms with Crippen LogP contribution < -0.4 is 4.72 Å². The van der Waals surface area contributed by atoms with Crippen LogP contribution in [-0.4, -0.2) is 68.2 Å². The first-order valence-electron chi connectivity index (χ1n) is 10.6. The van der Waals surface area contributed by atoms with Crippen molar-refractivity contribution in [3.05, 3.63) is 29.8 Å². The zero-order valence-electron chi connectivity index (χ0n) is 17.2. The number of hydrogen-bond donors (Lipinski definition) is 1. The van der Waals surface area contributed by atoms with Gasteiger partial charge >= 0.3 is 0 Å². The number of nitrogens with one attached hydrogen (secondary N) is 1. The third kappa shape index (κ3) is 4.05. The van der Waals surface area contributed by atoms with Gasteiger partial charge in [-0.05, 0) is 30.9 Å². The summed E-state index contributed by atoms with van der Waals surface area (Å²) in [5.41, 5.74) is 0.539. The molecule has 0 spiro atoms. The van der Waals surface area contributed by atoms with Crippen LogP contribution in [0.2, 0.25) is 0 Å². The summed E-state index contributed by atoms with van der Waals surface area (Å²) in [6.45, 7) is 7.16. The van der Waals surface area contributed by atoms with Gasteiger partial charge in [0.25, 0.3) is 10.0 Å². The minimum absolute atomic E-state index is 0.0119. The first-order valence-corrected chi connectivity index (χ1v) is 12.1. The molecule has 8 heteroatoms. The first-order chi connectivity index (χ1) is 13.9. The molecular formula is C21H30N4O3S. The first kappa shape index (κ1) is 20.3. The highest BCUT2D eigenvalue weighted by Crippen LogP contribution is 2.26. The van der Waals surface area contributed by atoms with Crippen molar-refractivity contribution in [2.75, 3.05) is 26.2 Å². The zero-order chi connectivity index (χ0) is 20.6. The molecule has 158 valence electrons. The number of nitrogens with zero attached hydrogens (tertiary/aromatic N) is 3. The summed E-state index contributed by atoms with van der Waals surface area (Å²) in [5, 5.41) is 0. The van der Waals surface area contributed by atoms with E-state index in [0.29, 0.717) is 24.7 Å². The van der Waals surface area contributed by atoms with Gasteiger partial charge in [-0.1, -0.05) is 38.8 Å². The Labute approximate surface area is 173 Å². The van der Waals surface area contributed by atoms with Gasteiger partial charge < -0.3 is 4.90 Å². The number of rotatable bonds is 4. The average molecular weight is 419 g/mol. The Balaban J connectivity index is 1.50. The van der Waals surface area contributed by atoms with E-state index >= 15 is 0 Å². The van der Waals surface area contributed by atoms with Crippen LogP contribution in [0.15, 0.2) is 34.2 Å². The predicted molar refractivity (Wildman–Crippen MR) is 112 cm³/mol. The lowest BCUT2D eigenvalue weighted by Crippen LogP contribution is -2.54. The summed E-state index contributed by atoms with van der Waals surface area (Å²) in [6, 6.07) is 6.85. The lowest BCUT2D eigenvalue weighted by molar-refractivity contribution is -0.135. The molecule has 1 N–H and O–H groups in total. The fourth-order valence-corrected chi connectivity index (χ4v) is 5.86. The summed E-state index contributed by atoms with van der Waals surface area (Å²) in [6.07, 6.45) is 5.17. The molecule has 29 heavy (non-hydrogen) atoms. The van der Waals surface area contributed by atoms with Crippen LogP contribution in [0, 0.1) is 5.92 Å². The van der Waals surface area contributed by atoms with Gasteiger partial charge in [0.05, 0.1) is 4.90 Å². The molecule has 1 aliphatic carbocycles. The maximum Gasteiger partial charge on any atom is 0.263 e. The maximum atomic E-state index is 13.3. The second-order valence-corrected chi connectivity index (χ2v) is 10.2. The van der Waals surface area contributed by atoms with E-state index in [1.807, 2.05) is 18.7 Å². The highest BCUT2D eigenvalue weighted by Gasteiger charge is 2.35. The maximum absolute atomic E-state index is 13.3. The Morgan fingerprint density at radius 1 is 1.10 bits per heavy atom. The normalized spacial score (nSPS) is 24.7. The Hall–Kier alpha value is -1.93. The number of sulfonamides is 1. The fraction of sp³-hybridized carbons (Fsp3) is 0.619. The van der Waals surface area contributed by atoms with Gasteiger partial charge in [-0.3, -0.25) is 19.4 Å². The van der Waals surface area contributed by atoms with Crippen molar-refractivity contribution in [1.82, 2.24) is 14.5 Å². The smallest absolute Gasteiger partial charge is 0.263 e. The fourth-order valence-electron chi connectivity index (χ4n) is 4.62. The standard InChI is InChI=1S/C21H30N4O3S/c1-15(2)19(22-20-17-9-5-6-10-18(17)29(27,28)23-20)21(26)25-13-11-24(12-14-25)16-7-3-4-8-16/h5-6,9-10,15-16,19H,3-4,7-8,11-14H2,1-2H3,(H,22,23)/t19-/m0/s1. The van der Waals surface area contributed by atoms with E-state index < -0.39 is 16.1 Å². The molecule has 7 nitrogen and oxygen atoms in total. The number of carbonyl (C=O) groups is 1. The Bertz CT molecular complexity index is 898. The number of aliphatic imine (C=N–C) groups is 1. The number of piperazine rings is 1. The molecule has 0 aromatic heterocycles. The summed E-state index contributed by atoms with van der Waals surface area (Å²) in [5.74, 6) is 0.236. The monoisotopic (exact) mass is 418 g/mol. The van der Waals surface area contributed by atoms with E-state index in [1.54, 1.807) is 24.3 Å². The molecule has 0 unspecified atom stereocenters. The summed E-state index contributed by atoms with van der Waals surface area (Å²) < 4.78 is 27.2. The number of benzene rings is 1. The Morgan fingerprint density at radius 3 is 2.41 bits per heavy atom. The number of hydrogen-bond acceptors (Lipinski definition) is 5. The van der Waals surface area contributed by atoms with E-state index in [-0.39, 0.29) is 22.6 Å². The van der Waals surface area contributed by atoms with E-state index in [4.69, 9.17) is 0 Å². The molecule has 0 radical (unpaired) electrons. The van der Waals surface area contributed by atoms with Crippen molar-refractivity contribution in [3.8, 4) is 0 Å². The van der Waals surface area contributed by atoms with Gasteiger partial charge in [-0.25, -0.2) is 8.42 Å². The quantitative estimate of drug-likeness (QED) is 0.809. The highest BCUT2D eigenvalue weighted by molar-refractivity contribution is 7.90. The molecule has 0 bridgehead atoms. The Morgan fingerprint density at radius 2 is 1.76 bits per heavy atom. The number of amidine groups is 1. The molecular weight excluding hydrogens is 388 g/mol. The average Bonchev–Trinajstić information content (AvgIpc) is 3.33. The molecule has 1 saturated heterocycles. The van der Waals surface area contributed by atoms with Crippen LogP contribution in [0.5, 0.6) is 0 Å². The van der Waals surface area contributed by atoms with E-state index in [9.17, 15) is 13.2 Å². The van der Waals surface area contributed by atoms with Crippen LogP contribution in [0.1, 0.15) is 45.1 Å². The predicted octanol–water partition coefficient (Wildman–Crippen LogP) is 1.84. The lowest BCUT2D eigenvalue weighted by atomic mass is 10.0. The van der Waals surface area contributed by atoms with E-state index in [0.717, 1.165) is 13.1 Å². The highest BCUT2D eigenvalue weighted by atomic mass is 32.2. The number of carbonyl (C=O) groups excluding carboxylic acids is 1. The second-order valence-electron chi connectivity index (χ2n) is 8.57. The molecule has 2 aliphatic heterocycles. The summed E-state index contributed by atoms with van der Waals surface area (Å²) in [7, 11) is -3.61. The van der Waals surface area contributed by atoms with Gasteiger partial charge in [0.1, 0.15) is 11.9 Å². The molecule has 4 rings (SSSR count). The topological polar surface area (TPSA) is 82.1 Å². The molecule has 1 aromatic rings. The third-order valence-corrected chi connectivity index (χ3v) is 7.68. The molecule has 2 heterocycles. The summed E-state index contributed by atoms with van der Waals surface area (Å²) >= 11 is 0. The number of amides is 1. The Kier molecular flexibility index (Phi) is 5.66. The minimum atomic E-state index is -3.61. The number of fused-ring (bicyclic) bond motifs is 1. The second kappa shape index (κ2) is 8.07. The molecule has 2 fully saturated rings. The molecule has 3 aliphatic rings. The molecule has 1 atom stereocenters. The van der Waals surface area contributed by atoms with Crippen molar-refractivity contribution in [3.63, 3.8) is 0 Å². The van der Waals surface area contributed by atoms with Crippen molar-refractivity contribution < 1.29 is 13.2 Å². The summed E-state index contributed by atoms with van der Waals surface area (Å²) in [4.78, 5) is 22.5. The van der Waals surface area contributed by atoms with Gasteiger partial charge in [0.15, 0.2) is 0 Å². The van der Waals surface area contributed by atoms with Crippen LogP contribution in [0.25, 0.3) is 0 Å². The van der Waals surface area contributed by atoms with E-state index in [2.05, 4.69) is 14.6 Å². The van der Waals surface area contributed by atoms with Crippen LogP contribution in [0.3, 0.4) is 0 Å². The van der Waals surface area contributed by atoms with Crippen LogP contribution in [0.4, 0.5) is 0 Å². The molecule has 1 aromatic carbocycles. The minimum Gasteiger partial charge on any atom is -0.338 e. The van der Waals surface area contributed by atoms with Crippen molar-refractivity contribution in [2.45, 2.75) is 56.5 Å². The van der Waals surface area contributed by atoms with Crippen LogP contribution >= 0.6 is 0 Å². The van der Waals surface area contributed by atoms with Gasteiger partial charge in [-0.15, -0.1) is 0 Å². The SMILES string of the molecule is CC(C)[C@H](N=C1NS(=O)(=O)c2ccccc21)C(=O)N1CCN(C2CCCC2)CC1. The third-order valence-electron chi connectivity index (χ3n) is 6.28. The van der Waals surface area contributed by atoms with Crippen molar-refractivity contribution >= 4 is 21.8 Å². The van der Waals surface area contributed by atoms with E-state index in [1.165, 1.54) is 25.7 Å². The lowest BCUT2D eigenvalue weighted by Gasteiger charge is -2.39. The van der Waals surface area contributed by atoms with Gasteiger partial charge in [-0.2, -0.15) is 0 Å². The van der Waals surface area contributed by atoms with Crippen molar-refractivity contribution in [1.29, 1.82) is 0 Å². The van der Waals surface area contributed by atoms with Crippen LogP contribution in [-0.2, 0) is 14.8 Å². The molecule has 1 amide bonds.